The summed E-state index contributed by atoms with van der Waals surface area (Å²) in [6.07, 6.45) is 2.92. The molecule has 1 rings (SSSR count). The number of benzene rings is 1. The molecule has 0 bridgehead atoms. The summed E-state index contributed by atoms with van der Waals surface area (Å²) < 4.78 is 4.71. The van der Waals surface area contributed by atoms with Crippen LogP contribution < -0.4 is 0 Å². The lowest BCUT2D eigenvalue weighted by molar-refractivity contribution is -0.394. The number of esters is 1. The lowest BCUT2D eigenvalue weighted by Gasteiger charge is -2.07. The van der Waals surface area contributed by atoms with E-state index in [1.165, 1.54) is 25.3 Å². The Labute approximate surface area is 126 Å². The molecule has 0 fully saturated rings. The van der Waals surface area contributed by atoms with Crippen LogP contribution in [0, 0.1) is 20.2 Å². The second kappa shape index (κ2) is 7.16. The average molecular weight is 309 g/mol. The molecule has 0 saturated heterocycles. The molecule has 9 heteroatoms. The van der Waals surface area contributed by atoms with Crippen molar-refractivity contribution in [3.05, 3.63) is 49.7 Å². The van der Waals surface area contributed by atoms with Gasteiger partial charge in [0.15, 0.2) is 0 Å². The summed E-state index contributed by atoms with van der Waals surface area (Å²) in [5.41, 5.74) is -1.89. The van der Waals surface area contributed by atoms with E-state index in [2.05, 4.69) is 0 Å². The van der Waals surface area contributed by atoms with Gasteiger partial charge in [0.25, 0.3) is 11.4 Å². The maximum atomic E-state index is 11.9. The van der Waals surface area contributed by atoms with E-state index in [-0.39, 0.29) is 12.2 Å². The van der Waals surface area contributed by atoms with E-state index in [0.717, 1.165) is 6.07 Å². The fourth-order valence-corrected chi connectivity index (χ4v) is 1.71. The summed E-state index contributed by atoms with van der Waals surface area (Å²) in [4.78, 5) is 34.2. The number of carbonyl (C=O) groups is 1. The van der Waals surface area contributed by atoms with Gasteiger partial charge in [-0.15, -0.1) is 0 Å². The lowest BCUT2D eigenvalue weighted by atomic mass is 10.0. The normalized spacial score (nSPS) is 10.5. The van der Waals surface area contributed by atoms with Crippen LogP contribution in [0.3, 0.4) is 0 Å². The van der Waals surface area contributed by atoms with E-state index < -0.39 is 32.8 Å². The quantitative estimate of drug-likeness (QED) is 0.449. The Morgan fingerprint density at radius 1 is 1.27 bits per heavy atom. The molecular weight excluding hydrogens is 294 g/mol. The molecule has 0 amide bonds. The Hall–Kier alpha value is -2.97. The van der Waals surface area contributed by atoms with E-state index in [9.17, 15) is 25.0 Å². The number of nitro benzene ring substituents is 2. The minimum atomic E-state index is -1.10. The van der Waals surface area contributed by atoms with Gasteiger partial charge >= 0.3 is 5.97 Å². The van der Waals surface area contributed by atoms with Crippen molar-refractivity contribution >= 4 is 23.4 Å². The average Bonchev–Trinajstić information content (AvgIpc) is 2.43. The first-order valence-electron chi connectivity index (χ1n) is 6.27. The Morgan fingerprint density at radius 2 is 1.91 bits per heavy atom. The Morgan fingerprint density at radius 3 is 2.36 bits per heavy atom. The van der Waals surface area contributed by atoms with Crippen LogP contribution in [-0.2, 0) is 4.74 Å². The highest BCUT2D eigenvalue weighted by Crippen LogP contribution is 2.33. The molecule has 0 radical (unpaired) electrons. The van der Waals surface area contributed by atoms with Gasteiger partial charge in [-0.25, -0.2) is 4.79 Å². The highest BCUT2D eigenvalue weighted by Gasteiger charge is 2.34. The SMILES string of the molecule is CCOC(=O)c1c([N+](=O)[O-])ccc(/C=C/N(C)C)c1[N+](=O)[O-]. The molecule has 1 aromatic rings. The van der Waals surface area contributed by atoms with E-state index in [0.29, 0.717) is 0 Å². The van der Waals surface area contributed by atoms with Crippen LogP contribution in [0.4, 0.5) is 11.4 Å². The molecule has 0 aromatic heterocycles. The molecule has 0 aliphatic carbocycles. The van der Waals surface area contributed by atoms with Crippen LogP contribution in [0.2, 0.25) is 0 Å². The molecule has 9 nitrogen and oxygen atoms in total. The fraction of sp³-hybridized carbons (Fsp3) is 0.308. The molecule has 22 heavy (non-hydrogen) atoms. The van der Waals surface area contributed by atoms with Crippen LogP contribution in [0.5, 0.6) is 0 Å². The van der Waals surface area contributed by atoms with Gasteiger partial charge in [-0.2, -0.15) is 0 Å². The molecule has 0 heterocycles. The predicted molar refractivity (Wildman–Crippen MR) is 78.4 cm³/mol. The van der Waals surface area contributed by atoms with E-state index >= 15 is 0 Å². The first-order chi connectivity index (χ1) is 10.3. The van der Waals surface area contributed by atoms with Crippen LogP contribution in [0.1, 0.15) is 22.8 Å². The van der Waals surface area contributed by atoms with Gasteiger partial charge in [-0.1, -0.05) is 0 Å². The maximum Gasteiger partial charge on any atom is 0.352 e. The summed E-state index contributed by atoms with van der Waals surface area (Å²) in [6.45, 7) is 1.45. The summed E-state index contributed by atoms with van der Waals surface area (Å²) in [5.74, 6) is -1.10. The number of carbonyl (C=O) groups excluding carboxylic acids is 1. The van der Waals surface area contributed by atoms with Crippen molar-refractivity contribution in [3.63, 3.8) is 0 Å². The molecule has 118 valence electrons. The smallest absolute Gasteiger partial charge is 0.352 e. The van der Waals surface area contributed by atoms with Gasteiger partial charge in [0, 0.05) is 20.2 Å². The van der Waals surface area contributed by atoms with Crippen molar-refractivity contribution in [2.24, 2.45) is 0 Å². The van der Waals surface area contributed by atoms with Gasteiger partial charge in [0.05, 0.1) is 22.0 Å². The number of hydrogen-bond acceptors (Lipinski definition) is 7. The third-order valence-corrected chi connectivity index (χ3v) is 2.60. The van der Waals surface area contributed by atoms with E-state index in [1.54, 1.807) is 19.0 Å². The highest BCUT2D eigenvalue weighted by molar-refractivity contribution is 6.00. The van der Waals surface area contributed by atoms with Crippen molar-refractivity contribution in [3.8, 4) is 0 Å². The molecule has 0 aliphatic heterocycles. The third-order valence-electron chi connectivity index (χ3n) is 2.60. The lowest BCUT2D eigenvalue weighted by Crippen LogP contribution is -2.12. The van der Waals surface area contributed by atoms with Crippen molar-refractivity contribution in [1.82, 2.24) is 4.90 Å². The molecule has 0 spiro atoms. The van der Waals surface area contributed by atoms with Gasteiger partial charge < -0.3 is 9.64 Å². The van der Waals surface area contributed by atoms with Crippen LogP contribution in [-0.4, -0.2) is 41.4 Å². The zero-order valence-corrected chi connectivity index (χ0v) is 12.3. The summed E-state index contributed by atoms with van der Waals surface area (Å²) in [5, 5.41) is 22.3. The highest BCUT2D eigenvalue weighted by atomic mass is 16.6. The minimum absolute atomic E-state index is 0.0507. The zero-order valence-electron chi connectivity index (χ0n) is 12.3. The first kappa shape index (κ1) is 17.1. The summed E-state index contributed by atoms with van der Waals surface area (Å²) in [6, 6.07) is 2.27. The first-order valence-corrected chi connectivity index (χ1v) is 6.27. The van der Waals surface area contributed by atoms with Gasteiger partial charge in [-0.3, -0.25) is 20.2 Å². The van der Waals surface area contributed by atoms with E-state index in [4.69, 9.17) is 4.74 Å². The second-order valence-corrected chi connectivity index (χ2v) is 4.41. The Kier molecular flexibility index (Phi) is 5.56. The number of nitro groups is 2. The maximum absolute atomic E-state index is 11.9. The monoisotopic (exact) mass is 309 g/mol. The van der Waals surface area contributed by atoms with Gasteiger partial charge in [-0.05, 0) is 25.3 Å². The molecule has 0 unspecified atom stereocenters. The van der Waals surface area contributed by atoms with Gasteiger partial charge in [0.1, 0.15) is 0 Å². The zero-order chi connectivity index (χ0) is 16.9. The van der Waals surface area contributed by atoms with Crippen LogP contribution in [0.15, 0.2) is 18.3 Å². The summed E-state index contributed by atoms with van der Waals surface area (Å²) >= 11 is 0. The van der Waals surface area contributed by atoms with Gasteiger partial charge in [0.2, 0.25) is 5.56 Å². The standard InChI is InChI=1S/C13H15N3O6/c1-4-22-13(17)11-10(15(18)19)6-5-9(7-8-14(2)3)12(11)16(20)21/h5-8H,4H2,1-3H3/b8-7+. The van der Waals surface area contributed by atoms with Crippen LogP contribution >= 0.6 is 0 Å². The Bertz CT molecular complexity index is 639. The second-order valence-electron chi connectivity index (χ2n) is 4.41. The number of rotatable bonds is 6. The van der Waals surface area contributed by atoms with Crippen LogP contribution in [0.25, 0.3) is 6.08 Å². The predicted octanol–water partition coefficient (Wildman–Crippen LogP) is 2.21. The van der Waals surface area contributed by atoms with Crippen molar-refractivity contribution in [2.75, 3.05) is 20.7 Å². The third kappa shape index (κ3) is 3.78. The molecule has 1 aromatic carbocycles. The largest absolute Gasteiger partial charge is 0.462 e. The summed E-state index contributed by atoms with van der Waals surface area (Å²) in [7, 11) is 3.42. The molecular formula is C13H15N3O6. The number of hydrogen-bond donors (Lipinski definition) is 0. The molecule has 0 saturated carbocycles. The molecule has 0 aliphatic rings. The van der Waals surface area contributed by atoms with Crippen molar-refractivity contribution in [1.29, 1.82) is 0 Å². The Balaban J connectivity index is 3.64. The van der Waals surface area contributed by atoms with E-state index in [1.807, 2.05) is 0 Å². The topological polar surface area (TPSA) is 116 Å². The fourth-order valence-electron chi connectivity index (χ4n) is 1.71. The van der Waals surface area contributed by atoms with Crippen molar-refractivity contribution in [2.45, 2.75) is 6.92 Å². The number of nitrogens with zero attached hydrogens (tertiary/aromatic N) is 3. The molecule has 0 N–H and O–H groups in total. The minimum Gasteiger partial charge on any atom is -0.462 e. The molecule has 0 atom stereocenters. The number of ether oxygens (including phenoxy) is 1. The van der Waals surface area contributed by atoms with Crippen molar-refractivity contribution < 1.29 is 19.4 Å².